The first kappa shape index (κ1) is 11.6. The van der Waals surface area contributed by atoms with Gasteiger partial charge in [-0.2, -0.15) is 0 Å². The van der Waals surface area contributed by atoms with Gasteiger partial charge in [0.15, 0.2) is 0 Å². The third-order valence-corrected chi connectivity index (χ3v) is 3.01. The van der Waals surface area contributed by atoms with Gasteiger partial charge in [-0.3, -0.25) is 4.98 Å². The van der Waals surface area contributed by atoms with Crippen LogP contribution in [0.25, 0.3) is 0 Å². The highest BCUT2D eigenvalue weighted by Crippen LogP contribution is 2.10. The van der Waals surface area contributed by atoms with E-state index in [-0.39, 0.29) is 6.10 Å². The molecule has 0 amide bonds. The fourth-order valence-corrected chi connectivity index (χ4v) is 2.20. The molecule has 0 bridgehead atoms. The van der Waals surface area contributed by atoms with E-state index in [4.69, 9.17) is 0 Å². The monoisotopic (exact) mass is 219 g/mol. The fourth-order valence-electron chi connectivity index (χ4n) is 2.20. The molecule has 1 aromatic heterocycles. The molecule has 1 atom stereocenters. The third kappa shape index (κ3) is 3.58. The Kier molecular flexibility index (Phi) is 4.31. The number of aliphatic hydroxyl groups excluding tert-OH is 1. The molecule has 1 fully saturated rings. The van der Waals surface area contributed by atoms with Gasteiger partial charge in [0.2, 0.25) is 0 Å². The number of hydrogen-bond donors (Lipinski definition) is 1. The highest BCUT2D eigenvalue weighted by atomic mass is 16.3. The van der Waals surface area contributed by atoms with Gasteiger partial charge in [0.05, 0.1) is 11.8 Å². The van der Waals surface area contributed by atoms with Crippen LogP contribution >= 0.6 is 0 Å². The van der Waals surface area contributed by atoms with Gasteiger partial charge in [0.25, 0.3) is 0 Å². The van der Waals surface area contributed by atoms with Gasteiger partial charge in [0.1, 0.15) is 0 Å². The predicted molar refractivity (Wildman–Crippen MR) is 63.1 cm³/mol. The number of nitrogens with zero attached hydrogens (tertiary/aromatic N) is 2. The van der Waals surface area contributed by atoms with Crippen molar-refractivity contribution in [1.82, 2.24) is 9.88 Å². The second-order valence-electron chi connectivity index (χ2n) is 4.45. The van der Waals surface area contributed by atoms with Gasteiger partial charge in [0, 0.05) is 25.2 Å². The lowest BCUT2D eigenvalue weighted by atomic mass is 10.1. The SMILES string of the molecule is OC(Cc1[c]cccn1)CN1CCCCC1. The van der Waals surface area contributed by atoms with Crippen molar-refractivity contribution < 1.29 is 5.11 Å². The first-order valence-corrected chi connectivity index (χ1v) is 6.06. The van der Waals surface area contributed by atoms with Crippen LogP contribution < -0.4 is 0 Å². The van der Waals surface area contributed by atoms with Crippen molar-refractivity contribution in [2.75, 3.05) is 19.6 Å². The van der Waals surface area contributed by atoms with Crippen LogP contribution in [-0.4, -0.2) is 40.7 Å². The number of rotatable bonds is 4. The van der Waals surface area contributed by atoms with Gasteiger partial charge in [-0.15, -0.1) is 0 Å². The summed E-state index contributed by atoms with van der Waals surface area (Å²) in [5, 5.41) is 9.95. The molecular weight excluding hydrogens is 200 g/mol. The molecule has 0 saturated carbocycles. The maximum Gasteiger partial charge on any atom is 0.0722 e. The van der Waals surface area contributed by atoms with Crippen LogP contribution in [0.3, 0.4) is 0 Å². The van der Waals surface area contributed by atoms with Gasteiger partial charge in [-0.05, 0) is 32.0 Å². The largest absolute Gasteiger partial charge is 0.391 e. The van der Waals surface area contributed by atoms with E-state index in [1.165, 1.54) is 19.3 Å². The van der Waals surface area contributed by atoms with E-state index in [0.717, 1.165) is 25.3 Å². The molecule has 16 heavy (non-hydrogen) atoms. The summed E-state index contributed by atoms with van der Waals surface area (Å²) in [4.78, 5) is 6.52. The van der Waals surface area contributed by atoms with Crippen molar-refractivity contribution in [2.24, 2.45) is 0 Å². The normalized spacial score (nSPS) is 19.6. The van der Waals surface area contributed by atoms with Gasteiger partial charge >= 0.3 is 0 Å². The summed E-state index contributed by atoms with van der Waals surface area (Å²) in [5.74, 6) is 0. The molecule has 0 aliphatic carbocycles. The molecule has 87 valence electrons. The lowest BCUT2D eigenvalue weighted by molar-refractivity contribution is 0.101. The molecule has 0 spiro atoms. The smallest absolute Gasteiger partial charge is 0.0722 e. The highest BCUT2D eigenvalue weighted by molar-refractivity contribution is 5.02. The Morgan fingerprint density at radius 3 is 2.88 bits per heavy atom. The number of aromatic nitrogens is 1. The van der Waals surface area contributed by atoms with E-state index in [1.54, 1.807) is 6.20 Å². The Morgan fingerprint density at radius 2 is 2.19 bits per heavy atom. The minimum Gasteiger partial charge on any atom is -0.391 e. The maximum atomic E-state index is 9.95. The van der Waals surface area contributed by atoms with Gasteiger partial charge in [-0.1, -0.05) is 12.5 Å². The number of piperidine rings is 1. The number of likely N-dealkylation sites (tertiary alicyclic amines) is 1. The Bertz CT molecular complexity index is 296. The third-order valence-electron chi connectivity index (χ3n) is 3.01. The first-order chi connectivity index (χ1) is 7.84. The predicted octanol–water partition coefficient (Wildman–Crippen LogP) is 1.27. The minimum absolute atomic E-state index is 0.316. The Labute approximate surface area is 97.1 Å². The van der Waals surface area contributed by atoms with Gasteiger partial charge < -0.3 is 10.0 Å². The maximum absolute atomic E-state index is 9.95. The van der Waals surface area contributed by atoms with Crippen molar-refractivity contribution in [3.63, 3.8) is 0 Å². The molecule has 1 aliphatic heterocycles. The zero-order chi connectivity index (χ0) is 11.2. The number of β-amino-alcohol motifs (C(OH)–C–C–N with tert-alkyl or cyclic N) is 1. The zero-order valence-electron chi connectivity index (χ0n) is 9.60. The number of pyridine rings is 1. The molecule has 3 heteroatoms. The quantitative estimate of drug-likeness (QED) is 0.828. The molecule has 2 rings (SSSR count). The molecule has 1 saturated heterocycles. The molecule has 1 N–H and O–H groups in total. The van der Waals surface area contributed by atoms with Crippen LogP contribution in [0.4, 0.5) is 0 Å². The second-order valence-corrected chi connectivity index (χ2v) is 4.45. The summed E-state index contributed by atoms with van der Waals surface area (Å²) in [5.41, 5.74) is 0.854. The van der Waals surface area contributed by atoms with Crippen molar-refractivity contribution in [3.8, 4) is 0 Å². The molecular formula is C13H19N2O. The van der Waals surface area contributed by atoms with E-state index in [1.807, 2.05) is 12.1 Å². The highest BCUT2D eigenvalue weighted by Gasteiger charge is 2.15. The lowest BCUT2D eigenvalue weighted by Crippen LogP contribution is -2.37. The van der Waals surface area contributed by atoms with Crippen molar-refractivity contribution in [2.45, 2.75) is 31.8 Å². The summed E-state index contributed by atoms with van der Waals surface area (Å²) in [7, 11) is 0. The summed E-state index contributed by atoms with van der Waals surface area (Å²) >= 11 is 0. The van der Waals surface area contributed by atoms with Crippen LogP contribution in [0, 0.1) is 6.07 Å². The summed E-state index contributed by atoms with van der Waals surface area (Å²) < 4.78 is 0. The van der Waals surface area contributed by atoms with Crippen molar-refractivity contribution in [3.05, 3.63) is 30.1 Å². The minimum atomic E-state index is -0.316. The molecule has 1 aliphatic rings. The second kappa shape index (κ2) is 5.97. The Balaban J connectivity index is 1.77. The standard InChI is InChI=1S/C13H19N2O/c16-13(10-12-6-2-3-7-14-12)11-15-8-4-1-5-9-15/h2-3,7,13,16H,1,4-5,8-11H2. The number of aliphatic hydroxyl groups is 1. The van der Waals surface area contributed by atoms with Crippen LogP contribution in [0.2, 0.25) is 0 Å². The topological polar surface area (TPSA) is 36.4 Å². The Morgan fingerprint density at radius 1 is 1.38 bits per heavy atom. The van der Waals surface area contributed by atoms with Crippen molar-refractivity contribution >= 4 is 0 Å². The van der Waals surface area contributed by atoms with Crippen LogP contribution in [0.5, 0.6) is 0 Å². The molecule has 2 heterocycles. The summed E-state index contributed by atoms with van der Waals surface area (Å²) in [6.07, 6.45) is 5.91. The van der Waals surface area contributed by atoms with E-state index >= 15 is 0 Å². The van der Waals surface area contributed by atoms with E-state index < -0.39 is 0 Å². The lowest BCUT2D eigenvalue weighted by Gasteiger charge is -2.28. The molecule has 1 unspecified atom stereocenters. The van der Waals surface area contributed by atoms with E-state index in [9.17, 15) is 5.11 Å². The molecule has 1 aromatic rings. The average molecular weight is 219 g/mol. The zero-order valence-corrected chi connectivity index (χ0v) is 9.60. The summed E-state index contributed by atoms with van der Waals surface area (Å²) in [6, 6.07) is 6.74. The van der Waals surface area contributed by atoms with Crippen LogP contribution in [0.15, 0.2) is 18.3 Å². The van der Waals surface area contributed by atoms with E-state index in [2.05, 4.69) is 16.0 Å². The molecule has 0 aromatic carbocycles. The summed E-state index contributed by atoms with van der Waals surface area (Å²) in [6.45, 7) is 3.02. The first-order valence-electron chi connectivity index (χ1n) is 6.06. The van der Waals surface area contributed by atoms with Crippen LogP contribution in [0.1, 0.15) is 25.0 Å². The average Bonchev–Trinajstić information content (AvgIpc) is 2.31. The van der Waals surface area contributed by atoms with Crippen LogP contribution in [-0.2, 0) is 6.42 Å². The van der Waals surface area contributed by atoms with Crippen molar-refractivity contribution in [1.29, 1.82) is 0 Å². The van der Waals surface area contributed by atoms with Gasteiger partial charge in [-0.25, -0.2) is 0 Å². The Hall–Kier alpha value is -0.930. The fraction of sp³-hybridized carbons (Fsp3) is 0.615. The molecule has 3 nitrogen and oxygen atoms in total. The molecule has 1 radical (unpaired) electrons. The number of hydrogen-bond acceptors (Lipinski definition) is 3. The van der Waals surface area contributed by atoms with E-state index in [0.29, 0.717) is 6.42 Å².